The molecule has 0 aliphatic heterocycles. The van der Waals surface area contributed by atoms with E-state index in [0.717, 1.165) is 6.42 Å². The zero-order valence-electron chi connectivity index (χ0n) is 19.8. The summed E-state index contributed by atoms with van der Waals surface area (Å²) in [5.41, 5.74) is 11.5. The molecule has 0 amide bonds. The topological polar surface area (TPSA) is 0 Å². The van der Waals surface area contributed by atoms with Gasteiger partial charge >= 0.3 is 21.7 Å². The maximum absolute atomic E-state index is 3.79. The van der Waals surface area contributed by atoms with E-state index in [2.05, 4.69) is 113 Å². The quantitative estimate of drug-likeness (QED) is 0.217. The Bertz CT molecular complexity index is 1030. The van der Waals surface area contributed by atoms with Gasteiger partial charge in [0.25, 0.3) is 0 Å². The molecule has 1 aliphatic rings. The Morgan fingerprint density at radius 2 is 0.970 bits per heavy atom. The van der Waals surface area contributed by atoms with Crippen molar-refractivity contribution >= 4 is 0 Å². The molecule has 33 heavy (non-hydrogen) atoms. The number of benzene rings is 3. The number of halogens is 3. The molecule has 170 valence electrons. The summed E-state index contributed by atoms with van der Waals surface area (Å²) < 4.78 is 0. The average Bonchev–Trinajstić information content (AvgIpc) is 3.02. The molecular formula is C29H29Cl3Ti. The zero-order chi connectivity index (χ0) is 20.6. The second-order valence-corrected chi connectivity index (χ2v) is 8.49. The Labute approximate surface area is 233 Å². The average molecular weight is 532 g/mol. The molecule has 0 fully saturated rings. The third-order valence-electron chi connectivity index (χ3n) is 6.27. The predicted molar refractivity (Wildman–Crippen MR) is 123 cm³/mol. The molecule has 0 unspecified atom stereocenters. The summed E-state index contributed by atoms with van der Waals surface area (Å²) in [5, 5.41) is 0. The Balaban J connectivity index is 0.00000256. The minimum Gasteiger partial charge on any atom is -1.00 e. The summed E-state index contributed by atoms with van der Waals surface area (Å²) in [7, 11) is 0. The number of hydrogen-bond donors (Lipinski definition) is 0. The molecule has 3 aromatic rings. The second kappa shape index (κ2) is 13.0. The van der Waals surface area contributed by atoms with E-state index in [4.69, 9.17) is 0 Å². The van der Waals surface area contributed by atoms with E-state index in [0.29, 0.717) is 0 Å². The van der Waals surface area contributed by atoms with Gasteiger partial charge in [-0.1, -0.05) is 96.4 Å². The van der Waals surface area contributed by atoms with Crippen LogP contribution in [0.1, 0.15) is 53.6 Å². The van der Waals surface area contributed by atoms with Crippen LogP contribution >= 0.6 is 0 Å². The van der Waals surface area contributed by atoms with Crippen LogP contribution in [0.15, 0.2) is 89.5 Å². The van der Waals surface area contributed by atoms with Gasteiger partial charge in [-0.2, -0.15) is 11.1 Å². The van der Waals surface area contributed by atoms with E-state index in [1.54, 1.807) is 0 Å². The van der Waals surface area contributed by atoms with Crippen LogP contribution in [0, 0.1) is 26.8 Å². The molecule has 0 N–H and O–H groups in total. The summed E-state index contributed by atoms with van der Waals surface area (Å²) in [4.78, 5) is 0. The Hall–Kier alpha value is -1.28. The van der Waals surface area contributed by atoms with Crippen molar-refractivity contribution in [2.45, 2.75) is 46.5 Å². The van der Waals surface area contributed by atoms with Crippen LogP contribution < -0.4 is 37.2 Å². The zero-order valence-corrected chi connectivity index (χ0v) is 23.6. The van der Waals surface area contributed by atoms with E-state index < -0.39 is 0 Å². The van der Waals surface area contributed by atoms with E-state index in [1.165, 1.54) is 50.1 Å². The van der Waals surface area contributed by atoms with Gasteiger partial charge in [-0.3, -0.25) is 6.08 Å². The first kappa shape index (κ1) is 31.7. The third kappa shape index (κ3) is 5.87. The van der Waals surface area contributed by atoms with Crippen LogP contribution in [0.4, 0.5) is 0 Å². The fraction of sp³-hybridized carbons (Fsp3) is 0.241. The second-order valence-electron chi connectivity index (χ2n) is 8.49. The standard InChI is InChI=1S/C29H29.3ClH.Ti/c1-20-9-6-12-25(17-20)29(26-13-7-10-21(2)18-26,27-14-8-11-22(3)19-27)28-16-15-23(4)24(28)5;;;;/h6-14,17-19H,15H2,1-5H3;3*1H;/q-1;;;;+4/p-3. The normalized spacial score (nSPS) is 12.6. The van der Waals surface area contributed by atoms with Crippen LogP contribution in [-0.4, -0.2) is 0 Å². The molecular weight excluding hydrogens is 503 g/mol. The van der Waals surface area contributed by atoms with Crippen molar-refractivity contribution in [2.24, 2.45) is 0 Å². The molecule has 1 aliphatic carbocycles. The summed E-state index contributed by atoms with van der Waals surface area (Å²) >= 11 is 0. The fourth-order valence-electron chi connectivity index (χ4n) is 4.68. The van der Waals surface area contributed by atoms with Crippen molar-refractivity contribution in [1.29, 1.82) is 0 Å². The molecule has 3 aromatic carbocycles. The minimum absolute atomic E-state index is 0. The molecule has 4 heteroatoms. The first-order valence-corrected chi connectivity index (χ1v) is 10.4. The summed E-state index contributed by atoms with van der Waals surface area (Å²) in [6, 6.07) is 27.0. The van der Waals surface area contributed by atoms with Gasteiger partial charge in [0.15, 0.2) is 0 Å². The predicted octanol–water partition coefficient (Wildman–Crippen LogP) is -1.57. The van der Waals surface area contributed by atoms with Gasteiger partial charge in [-0.15, -0.1) is 13.3 Å². The molecule has 0 aromatic heterocycles. The van der Waals surface area contributed by atoms with Gasteiger partial charge < -0.3 is 37.2 Å². The van der Waals surface area contributed by atoms with Crippen LogP contribution in [-0.2, 0) is 27.1 Å². The van der Waals surface area contributed by atoms with Crippen LogP contribution in [0.25, 0.3) is 0 Å². The maximum atomic E-state index is 3.79. The third-order valence-corrected chi connectivity index (χ3v) is 6.27. The number of aryl methyl sites for hydroxylation is 3. The molecule has 4 rings (SSSR count). The van der Waals surface area contributed by atoms with E-state index >= 15 is 0 Å². The SMILES string of the molecule is CC1=C(C)C(C(c2cccc(C)c2)(c2cccc(C)c2)c2cccc(C)c2)=[C-]C1.[Cl-].[Cl-].[Cl-].[Ti+4]. The number of hydrogen-bond acceptors (Lipinski definition) is 0. The Kier molecular flexibility index (Phi) is 12.5. The molecule has 0 spiro atoms. The Morgan fingerprint density at radius 1 is 0.606 bits per heavy atom. The van der Waals surface area contributed by atoms with Crippen molar-refractivity contribution in [3.05, 3.63) is 129 Å². The summed E-state index contributed by atoms with van der Waals surface area (Å²) in [5.74, 6) is 0. The smallest absolute Gasteiger partial charge is 1.00 e. The van der Waals surface area contributed by atoms with Gasteiger partial charge in [-0.25, -0.2) is 5.57 Å². The molecule has 0 heterocycles. The first-order chi connectivity index (χ1) is 13.9. The molecule has 0 radical (unpaired) electrons. The molecule has 0 saturated heterocycles. The molecule has 0 saturated carbocycles. The van der Waals surface area contributed by atoms with E-state index in [9.17, 15) is 0 Å². The summed E-state index contributed by atoms with van der Waals surface area (Å²) in [6.07, 6.45) is 4.70. The van der Waals surface area contributed by atoms with Gasteiger partial charge in [0.05, 0.1) is 0 Å². The molecule has 0 atom stereocenters. The van der Waals surface area contributed by atoms with Crippen LogP contribution in [0.2, 0.25) is 0 Å². The van der Waals surface area contributed by atoms with Gasteiger partial charge in [-0.05, 0) is 37.5 Å². The van der Waals surface area contributed by atoms with E-state index in [1.807, 2.05) is 0 Å². The van der Waals surface area contributed by atoms with Gasteiger partial charge in [0, 0.05) is 5.41 Å². The number of allylic oxidation sites excluding steroid dienone is 4. The van der Waals surface area contributed by atoms with Crippen molar-refractivity contribution in [2.75, 3.05) is 0 Å². The largest absolute Gasteiger partial charge is 4.00 e. The van der Waals surface area contributed by atoms with E-state index in [-0.39, 0.29) is 64.4 Å². The van der Waals surface area contributed by atoms with Gasteiger partial charge in [0.2, 0.25) is 0 Å². The fourth-order valence-corrected chi connectivity index (χ4v) is 4.68. The minimum atomic E-state index is -0.369. The van der Waals surface area contributed by atoms with Crippen LogP contribution in [0.3, 0.4) is 0 Å². The van der Waals surface area contributed by atoms with Gasteiger partial charge in [0.1, 0.15) is 0 Å². The van der Waals surface area contributed by atoms with Crippen molar-refractivity contribution in [1.82, 2.24) is 0 Å². The van der Waals surface area contributed by atoms with Crippen molar-refractivity contribution in [3.8, 4) is 0 Å². The number of rotatable bonds is 4. The van der Waals surface area contributed by atoms with Crippen LogP contribution in [0.5, 0.6) is 0 Å². The van der Waals surface area contributed by atoms with Crippen molar-refractivity contribution < 1.29 is 58.9 Å². The Morgan fingerprint density at radius 3 is 1.24 bits per heavy atom. The molecule has 0 nitrogen and oxygen atoms in total. The van der Waals surface area contributed by atoms with Crippen molar-refractivity contribution in [3.63, 3.8) is 0 Å². The summed E-state index contributed by atoms with van der Waals surface area (Å²) in [6.45, 7) is 11.0. The molecule has 0 bridgehead atoms. The maximum Gasteiger partial charge on any atom is 4.00 e. The first-order valence-electron chi connectivity index (χ1n) is 10.4. The monoisotopic (exact) mass is 530 g/mol.